The fraction of sp³-hybridized carbons (Fsp3) is 0.250. The van der Waals surface area contributed by atoms with Crippen LogP contribution in [0.15, 0.2) is 36.7 Å². The number of anilines is 1. The largest absolute Gasteiger partial charge is 0.366 e. The van der Waals surface area contributed by atoms with Gasteiger partial charge >= 0.3 is 0 Å². The number of hydrogen-bond donors (Lipinski definition) is 3. The second-order valence-corrected chi connectivity index (χ2v) is 6.69. The van der Waals surface area contributed by atoms with Gasteiger partial charge in [-0.1, -0.05) is 12.1 Å². The van der Waals surface area contributed by atoms with Gasteiger partial charge < -0.3 is 16.4 Å². The molecule has 0 unspecified atom stereocenters. The number of nitrogens with zero attached hydrogens (tertiary/aromatic N) is 4. The molecule has 1 amide bonds. The summed E-state index contributed by atoms with van der Waals surface area (Å²) >= 11 is 0. The summed E-state index contributed by atoms with van der Waals surface area (Å²) in [5, 5.41) is 6.74. The number of benzene rings is 1. The SMILES string of the molecule is Cc1cnc(CNc2nc(-c3ccc(C(N)=O)cc3)nc3c2CCNC3)cn1. The molecule has 0 aliphatic carbocycles. The second-order valence-electron chi connectivity index (χ2n) is 6.69. The predicted molar refractivity (Wildman–Crippen MR) is 105 cm³/mol. The molecule has 4 N–H and O–H groups in total. The Morgan fingerprint density at radius 2 is 2.00 bits per heavy atom. The van der Waals surface area contributed by atoms with Gasteiger partial charge in [0, 0.05) is 29.4 Å². The van der Waals surface area contributed by atoms with Gasteiger partial charge in [0.25, 0.3) is 0 Å². The van der Waals surface area contributed by atoms with E-state index in [1.807, 2.05) is 19.1 Å². The average Bonchev–Trinajstić information content (AvgIpc) is 2.73. The molecule has 1 aromatic carbocycles. The van der Waals surface area contributed by atoms with Crippen molar-refractivity contribution in [1.29, 1.82) is 0 Å². The maximum absolute atomic E-state index is 11.3. The van der Waals surface area contributed by atoms with Crippen molar-refractivity contribution in [2.75, 3.05) is 11.9 Å². The van der Waals surface area contributed by atoms with Crippen LogP contribution in [0.1, 0.15) is 33.0 Å². The lowest BCUT2D eigenvalue weighted by atomic mass is 10.1. The highest BCUT2D eigenvalue weighted by Gasteiger charge is 2.18. The minimum absolute atomic E-state index is 0.455. The summed E-state index contributed by atoms with van der Waals surface area (Å²) in [6, 6.07) is 7.00. The van der Waals surface area contributed by atoms with E-state index in [0.29, 0.717) is 24.5 Å². The Hall–Kier alpha value is -3.39. The van der Waals surface area contributed by atoms with Gasteiger partial charge in [-0.05, 0) is 32.0 Å². The highest BCUT2D eigenvalue weighted by Crippen LogP contribution is 2.25. The third-order valence-electron chi connectivity index (χ3n) is 4.64. The maximum Gasteiger partial charge on any atom is 0.248 e. The van der Waals surface area contributed by atoms with E-state index < -0.39 is 5.91 Å². The van der Waals surface area contributed by atoms with E-state index in [0.717, 1.165) is 47.0 Å². The topological polar surface area (TPSA) is 119 Å². The van der Waals surface area contributed by atoms with E-state index in [9.17, 15) is 4.79 Å². The van der Waals surface area contributed by atoms with E-state index in [2.05, 4.69) is 20.6 Å². The lowest BCUT2D eigenvalue weighted by Crippen LogP contribution is -2.26. The Labute approximate surface area is 162 Å². The lowest BCUT2D eigenvalue weighted by Gasteiger charge is -2.20. The third-order valence-corrected chi connectivity index (χ3v) is 4.64. The van der Waals surface area contributed by atoms with Crippen LogP contribution in [0.3, 0.4) is 0 Å². The zero-order valence-corrected chi connectivity index (χ0v) is 15.6. The third kappa shape index (κ3) is 3.81. The van der Waals surface area contributed by atoms with Gasteiger partial charge in [0.15, 0.2) is 5.82 Å². The number of primary amides is 1. The molecule has 3 aromatic rings. The van der Waals surface area contributed by atoms with Crippen molar-refractivity contribution >= 4 is 11.7 Å². The molecule has 8 heteroatoms. The van der Waals surface area contributed by atoms with Crippen LogP contribution in [0.25, 0.3) is 11.4 Å². The first kappa shape index (κ1) is 18.0. The van der Waals surface area contributed by atoms with Gasteiger partial charge in [-0.15, -0.1) is 0 Å². The first-order chi connectivity index (χ1) is 13.6. The van der Waals surface area contributed by atoms with Crippen molar-refractivity contribution in [3.8, 4) is 11.4 Å². The Morgan fingerprint density at radius 3 is 2.71 bits per heavy atom. The zero-order chi connectivity index (χ0) is 19.5. The van der Waals surface area contributed by atoms with E-state index in [1.165, 1.54) is 0 Å². The monoisotopic (exact) mass is 375 g/mol. The molecule has 3 heterocycles. The normalized spacial score (nSPS) is 13.0. The van der Waals surface area contributed by atoms with Crippen LogP contribution in [0.5, 0.6) is 0 Å². The zero-order valence-electron chi connectivity index (χ0n) is 15.6. The van der Waals surface area contributed by atoms with Gasteiger partial charge in [-0.25, -0.2) is 9.97 Å². The number of aromatic nitrogens is 4. The van der Waals surface area contributed by atoms with Crippen LogP contribution in [0.2, 0.25) is 0 Å². The summed E-state index contributed by atoms with van der Waals surface area (Å²) in [6.45, 7) is 4.03. The van der Waals surface area contributed by atoms with E-state index in [1.54, 1.807) is 24.5 Å². The van der Waals surface area contributed by atoms with Crippen LogP contribution < -0.4 is 16.4 Å². The predicted octanol–water partition coefficient (Wildman–Crippen LogP) is 1.60. The Morgan fingerprint density at radius 1 is 1.18 bits per heavy atom. The van der Waals surface area contributed by atoms with Gasteiger partial charge in [-0.3, -0.25) is 14.8 Å². The van der Waals surface area contributed by atoms with Crippen LogP contribution in [0, 0.1) is 6.92 Å². The van der Waals surface area contributed by atoms with E-state index >= 15 is 0 Å². The maximum atomic E-state index is 11.3. The number of hydrogen-bond acceptors (Lipinski definition) is 7. The van der Waals surface area contributed by atoms with Crippen molar-refractivity contribution in [3.63, 3.8) is 0 Å². The molecule has 0 atom stereocenters. The number of nitrogens with two attached hydrogens (primary N) is 1. The molecule has 142 valence electrons. The number of fused-ring (bicyclic) bond motifs is 1. The molecule has 1 aliphatic rings. The van der Waals surface area contributed by atoms with Crippen LogP contribution in [-0.2, 0) is 19.5 Å². The Balaban J connectivity index is 1.65. The van der Waals surface area contributed by atoms with Crippen molar-refractivity contribution in [2.24, 2.45) is 5.73 Å². The molecule has 0 radical (unpaired) electrons. The molecule has 8 nitrogen and oxygen atoms in total. The molecular formula is C20H21N7O. The minimum Gasteiger partial charge on any atom is -0.366 e. The molecule has 0 saturated heterocycles. The minimum atomic E-state index is -0.455. The molecule has 1 aliphatic heterocycles. The number of rotatable bonds is 5. The standard InChI is InChI=1S/C20H21N7O/c1-12-8-24-15(9-23-12)10-25-20-16-6-7-22-11-17(16)26-19(27-20)14-4-2-13(3-5-14)18(21)28/h2-5,8-9,22H,6-7,10-11H2,1H3,(H2,21,28)(H,25,26,27). The van der Waals surface area contributed by atoms with Gasteiger partial charge in [0.05, 0.1) is 29.8 Å². The number of carbonyl (C=O) groups excluding carboxylic acids is 1. The first-order valence-corrected chi connectivity index (χ1v) is 9.12. The molecule has 0 saturated carbocycles. The lowest BCUT2D eigenvalue weighted by molar-refractivity contribution is 0.100. The van der Waals surface area contributed by atoms with Crippen LogP contribution >= 0.6 is 0 Å². The number of carbonyl (C=O) groups is 1. The summed E-state index contributed by atoms with van der Waals surface area (Å²) in [4.78, 5) is 29.4. The smallest absolute Gasteiger partial charge is 0.248 e. The van der Waals surface area contributed by atoms with Crippen LogP contribution in [-0.4, -0.2) is 32.4 Å². The Kier molecular flexibility index (Phi) is 4.94. The second kappa shape index (κ2) is 7.69. The molecule has 0 fully saturated rings. The molecule has 0 bridgehead atoms. The van der Waals surface area contributed by atoms with E-state index in [4.69, 9.17) is 15.7 Å². The average molecular weight is 375 g/mol. The van der Waals surface area contributed by atoms with Crippen molar-refractivity contribution in [1.82, 2.24) is 25.3 Å². The summed E-state index contributed by atoms with van der Waals surface area (Å²) in [5.41, 5.74) is 10.4. The molecular weight excluding hydrogens is 354 g/mol. The summed E-state index contributed by atoms with van der Waals surface area (Å²) in [7, 11) is 0. The van der Waals surface area contributed by atoms with Gasteiger partial charge in [0.1, 0.15) is 5.82 Å². The van der Waals surface area contributed by atoms with Gasteiger partial charge in [-0.2, -0.15) is 0 Å². The summed E-state index contributed by atoms with van der Waals surface area (Å²) in [6.07, 6.45) is 4.38. The van der Waals surface area contributed by atoms with Gasteiger partial charge in [0.2, 0.25) is 5.91 Å². The number of nitrogens with one attached hydrogen (secondary N) is 2. The quantitative estimate of drug-likeness (QED) is 0.620. The highest BCUT2D eigenvalue weighted by molar-refractivity contribution is 5.93. The van der Waals surface area contributed by atoms with Crippen molar-refractivity contribution < 1.29 is 4.79 Å². The Bertz CT molecular complexity index is 1000. The first-order valence-electron chi connectivity index (χ1n) is 9.12. The molecule has 4 rings (SSSR count). The molecule has 28 heavy (non-hydrogen) atoms. The van der Waals surface area contributed by atoms with Crippen molar-refractivity contribution in [2.45, 2.75) is 26.4 Å². The summed E-state index contributed by atoms with van der Waals surface area (Å²) in [5.74, 6) is 0.961. The van der Waals surface area contributed by atoms with E-state index in [-0.39, 0.29) is 0 Å². The molecule has 0 spiro atoms. The number of aryl methyl sites for hydroxylation is 1. The fourth-order valence-corrected chi connectivity index (χ4v) is 3.10. The van der Waals surface area contributed by atoms with Crippen molar-refractivity contribution in [3.05, 3.63) is 64.9 Å². The molecule has 2 aromatic heterocycles. The fourth-order valence-electron chi connectivity index (χ4n) is 3.10. The summed E-state index contributed by atoms with van der Waals surface area (Å²) < 4.78 is 0. The number of amides is 1. The van der Waals surface area contributed by atoms with Crippen LogP contribution in [0.4, 0.5) is 5.82 Å². The highest BCUT2D eigenvalue weighted by atomic mass is 16.1.